The van der Waals surface area contributed by atoms with Crippen LogP contribution in [0.1, 0.15) is 43.0 Å². The number of benzene rings is 2. The fourth-order valence-electron chi connectivity index (χ4n) is 7.03. The van der Waals surface area contributed by atoms with E-state index in [0.717, 1.165) is 56.0 Å². The molecule has 0 radical (unpaired) electrons. The zero-order chi connectivity index (χ0) is 30.6. The Morgan fingerprint density at radius 1 is 1.02 bits per heavy atom. The van der Waals surface area contributed by atoms with Crippen molar-refractivity contribution in [1.82, 2.24) is 19.8 Å². The standard InChI is InChI=1S/C35H41N7O2/c1-4-8-32(43)42-22-21-41(23-27(42)14-17-36)34-29-15-19-40(31-13-6-11-26-10-5-9-25(2)33(26)31)20-16-30(29)37-35(38-34)44-24-28-12-7-18-39(28)3/h5-6,9-11,13,27-28H,7,12,14-16,18-24H2,1-3H3/t27-,28-/m0/s1. The highest BCUT2D eigenvalue weighted by atomic mass is 16.5. The van der Waals surface area contributed by atoms with E-state index in [-0.39, 0.29) is 18.4 Å². The Bertz CT molecular complexity index is 1630. The molecule has 0 bridgehead atoms. The minimum atomic E-state index is -0.259. The van der Waals surface area contributed by atoms with Crippen LogP contribution in [0.3, 0.4) is 0 Å². The van der Waals surface area contributed by atoms with Gasteiger partial charge in [0.2, 0.25) is 0 Å². The van der Waals surface area contributed by atoms with Crippen LogP contribution in [0.25, 0.3) is 10.8 Å². The Kier molecular flexibility index (Phi) is 8.86. The number of carbonyl (C=O) groups excluding carboxylic acids is 1. The van der Waals surface area contributed by atoms with Gasteiger partial charge in [-0.15, -0.1) is 0 Å². The SMILES string of the molecule is CC#CC(=O)N1CCN(c2nc(OC[C@@H]3CCCN3C)nc3c2CCN(c2cccc4cccc(C)c24)CC3)C[C@@H]1CC#N. The number of nitrogens with zero attached hydrogens (tertiary/aromatic N) is 7. The van der Waals surface area contributed by atoms with Crippen molar-refractivity contribution < 1.29 is 9.53 Å². The minimum Gasteiger partial charge on any atom is -0.462 e. The molecule has 6 rings (SSSR count). The maximum absolute atomic E-state index is 12.8. The maximum Gasteiger partial charge on any atom is 0.318 e. The molecule has 3 aliphatic heterocycles. The summed E-state index contributed by atoms with van der Waals surface area (Å²) < 4.78 is 6.31. The zero-order valence-electron chi connectivity index (χ0n) is 26.1. The summed E-state index contributed by atoms with van der Waals surface area (Å²) in [5.74, 6) is 6.03. The number of aromatic nitrogens is 2. The molecule has 1 aromatic heterocycles. The summed E-state index contributed by atoms with van der Waals surface area (Å²) in [5, 5.41) is 12.2. The molecule has 2 fully saturated rings. The highest BCUT2D eigenvalue weighted by molar-refractivity contribution is 5.97. The molecule has 9 heteroatoms. The van der Waals surface area contributed by atoms with E-state index in [2.05, 4.69) is 83.0 Å². The Hall–Kier alpha value is -4.34. The number of aryl methyl sites for hydroxylation is 1. The molecular formula is C35H41N7O2. The molecule has 4 heterocycles. The number of hydrogen-bond donors (Lipinski definition) is 0. The molecule has 0 aliphatic carbocycles. The van der Waals surface area contributed by atoms with Crippen LogP contribution in [0.15, 0.2) is 36.4 Å². The molecule has 3 aromatic rings. The lowest BCUT2D eigenvalue weighted by Gasteiger charge is -2.41. The van der Waals surface area contributed by atoms with Gasteiger partial charge in [-0.25, -0.2) is 0 Å². The predicted molar refractivity (Wildman–Crippen MR) is 173 cm³/mol. The topological polar surface area (TPSA) is 88.8 Å². The third kappa shape index (κ3) is 6.02. The zero-order valence-corrected chi connectivity index (χ0v) is 26.1. The summed E-state index contributed by atoms with van der Waals surface area (Å²) in [4.78, 5) is 31.6. The normalized spacial score (nSPS) is 20.5. The van der Waals surface area contributed by atoms with Gasteiger partial charge in [0, 0.05) is 61.8 Å². The van der Waals surface area contributed by atoms with Crippen LogP contribution in [-0.2, 0) is 17.6 Å². The maximum atomic E-state index is 12.8. The number of fused-ring (bicyclic) bond motifs is 2. The van der Waals surface area contributed by atoms with Gasteiger partial charge < -0.3 is 24.3 Å². The Balaban J connectivity index is 1.32. The molecule has 44 heavy (non-hydrogen) atoms. The third-order valence-electron chi connectivity index (χ3n) is 9.41. The second-order valence-corrected chi connectivity index (χ2v) is 12.1. The van der Waals surface area contributed by atoms with E-state index in [1.807, 2.05) is 0 Å². The van der Waals surface area contributed by atoms with E-state index in [0.29, 0.717) is 38.3 Å². The molecule has 9 nitrogen and oxygen atoms in total. The van der Waals surface area contributed by atoms with E-state index < -0.39 is 0 Å². The molecule has 0 N–H and O–H groups in total. The van der Waals surface area contributed by atoms with E-state index in [9.17, 15) is 10.1 Å². The number of ether oxygens (including phenoxy) is 1. The van der Waals surface area contributed by atoms with E-state index >= 15 is 0 Å². The van der Waals surface area contributed by atoms with Crippen LogP contribution in [0.5, 0.6) is 6.01 Å². The minimum absolute atomic E-state index is 0.223. The van der Waals surface area contributed by atoms with Crippen molar-refractivity contribution in [2.24, 2.45) is 0 Å². The lowest BCUT2D eigenvalue weighted by molar-refractivity contribution is -0.127. The lowest BCUT2D eigenvalue weighted by atomic mass is 10.0. The smallest absolute Gasteiger partial charge is 0.318 e. The number of piperazine rings is 1. The number of likely N-dealkylation sites (tertiary alicyclic amines) is 1. The predicted octanol–water partition coefficient (Wildman–Crippen LogP) is 3.97. The molecule has 0 spiro atoms. The van der Waals surface area contributed by atoms with Crippen LogP contribution in [0.2, 0.25) is 0 Å². The number of carbonyl (C=O) groups is 1. The fraction of sp³-hybridized carbons (Fsp3) is 0.486. The second-order valence-electron chi connectivity index (χ2n) is 12.1. The van der Waals surface area contributed by atoms with E-state index in [1.165, 1.54) is 28.4 Å². The average Bonchev–Trinajstić information content (AvgIpc) is 3.32. The van der Waals surface area contributed by atoms with Gasteiger partial charge >= 0.3 is 6.01 Å². The van der Waals surface area contributed by atoms with Crippen LogP contribution in [0, 0.1) is 30.1 Å². The van der Waals surface area contributed by atoms with E-state index in [4.69, 9.17) is 14.7 Å². The molecule has 228 valence electrons. The van der Waals surface area contributed by atoms with Gasteiger partial charge in [0.1, 0.15) is 12.4 Å². The van der Waals surface area contributed by atoms with Gasteiger partial charge in [-0.3, -0.25) is 4.79 Å². The number of likely N-dealkylation sites (N-methyl/N-ethyl adjacent to an activating group) is 1. The molecule has 0 saturated carbocycles. The third-order valence-corrected chi connectivity index (χ3v) is 9.41. The average molecular weight is 592 g/mol. The number of rotatable bonds is 6. The lowest BCUT2D eigenvalue weighted by Crippen LogP contribution is -2.55. The molecule has 3 aliphatic rings. The van der Waals surface area contributed by atoms with E-state index in [1.54, 1.807) is 11.8 Å². The Morgan fingerprint density at radius 3 is 2.61 bits per heavy atom. The summed E-state index contributed by atoms with van der Waals surface area (Å²) in [6.07, 6.45) is 4.10. The number of amides is 1. The first-order valence-electron chi connectivity index (χ1n) is 15.8. The quantitative estimate of drug-likeness (QED) is 0.398. The van der Waals surface area contributed by atoms with Gasteiger partial charge in [-0.05, 0) is 69.6 Å². The van der Waals surface area contributed by atoms with Crippen molar-refractivity contribution in [3.05, 3.63) is 53.2 Å². The largest absolute Gasteiger partial charge is 0.462 e. The highest BCUT2D eigenvalue weighted by Crippen LogP contribution is 2.34. The van der Waals surface area contributed by atoms with Crippen LogP contribution >= 0.6 is 0 Å². The first kappa shape index (κ1) is 29.7. The summed E-state index contributed by atoms with van der Waals surface area (Å²) in [7, 11) is 2.15. The van der Waals surface area contributed by atoms with Gasteiger partial charge in [0.05, 0.1) is 24.2 Å². The van der Waals surface area contributed by atoms with Crippen LogP contribution in [0.4, 0.5) is 11.5 Å². The van der Waals surface area contributed by atoms with Crippen molar-refractivity contribution in [1.29, 1.82) is 5.26 Å². The monoisotopic (exact) mass is 591 g/mol. The summed E-state index contributed by atoms with van der Waals surface area (Å²) in [6.45, 7) is 8.80. The molecule has 2 atom stereocenters. The fourth-order valence-corrected chi connectivity index (χ4v) is 7.03. The Labute approximate surface area is 260 Å². The summed E-state index contributed by atoms with van der Waals surface area (Å²) >= 11 is 0. The van der Waals surface area contributed by atoms with Crippen LogP contribution < -0.4 is 14.5 Å². The van der Waals surface area contributed by atoms with Gasteiger partial charge in [0.15, 0.2) is 0 Å². The molecule has 1 amide bonds. The first-order valence-corrected chi connectivity index (χ1v) is 15.8. The van der Waals surface area contributed by atoms with Gasteiger partial charge in [0.25, 0.3) is 5.91 Å². The molecule has 0 unspecified atom stereocenters. The van der Waals surface area contributed by atoms with Crippen molar-refractivity contribution in [3.8, 4) is 23.9 Å². The van der Waals surface area contributed by atoms with Crippen molar-refractivity contribution >= 4 is 28.2 Å². The number of anilines is 2. The van der Waals surface area contributed by atoms with Gasteiger partial charge in [-0.2, -0.15) is 15.2 Å². The van der Waals surface area contributed by atoms with Crippen molar-refractivity contribution in [3.63, 3.8) is 0 Å². The molecular weight excluding hydrogens is 550 g/mol. The number of nitriles is 1. The summed E-state index contributed by atoms with van der Waals surface area (Å²) in [5.41, 5.74) is 4.69. The highest BCUT2D eigenvalue weighted by Gasteiger charge is 2.33. The molecule has 2 saturated heterocycles. The summed E-state index contributed by atoms with van der Waals surface area (Å²) in [6, 6.07) is 15.8. The Morgan fingerprint density at radius 2 is 1.84 bits per heavy atom. The van der Waals surface area contributed by atoms with Crippen molar-refractivity contribution in [2.45, 2.75) is 58.0 Å². The molecule has 2 aromatic carbocycles. The first-order chi connectivity index (χ1) is 21.5. The number of hydrogen-bond acceptors (Lipinski definition) is 8. The van der Waals surface area contributed by atoms with Crippen LogP contribution in [-0.4, -0.2) is 90.7 Å². The second kappa shape index (κ2) is 13.1. The van der Waals surface area contributed by atoms with Crippen molar-refractivity contribution in [2.75, 3.05) is 62.7 Å². The van der Waals surface area contributed by atoms with Gasteiger partial charge in [-0.1, -0.05) is 36.3 Å².